The Labute approximate surface area is 175 Å². The summed E-state index contributed by atoms with van der Waals surface area (Å²) in [6, 6.07) is 8.41. The molecule has 1 aliphatic heterocycles. The van der Waals surface area contributed by atoms with E-state index in [1.54, 1.807) is 40.1 Å². The molecule has 160 valence electrons. The van der Waals surface area contributed by atoms with E-state index in [9.17, 15) is 14.4 Å². The third-order valence-electron chi connectivity index (χ3n) is 4.70. The average molecular weight is 413 g/mol. The highest BCUT2D eigenvalue weighted by Gasteiger charge is 2.28. The minimum atomic E-state index is -0.553. The zero-order valence-electron chi connectivity index (χ0n) is 17.7. The van der Waals surface area contributed by atoms with E-state index in [1.165, 1.54) is 6.26 Å². The normalized spacial score (nSPS) is 14.4. The van der Waals surface area contributed by atoms with Gasteiger partial charge in [-0.3, -0.25) is 9.59 Å². The van der Waals surface area contributed by atoms with Crippen LogP contribution in [-0.4, -0.2) is 59.5 Å². The summed E-state index contributed by atoms with van der Waals surface area (Å²) in [5, 5.41) is 2.78. The second kappa shape index (κ2) is 8.61. The Morgan fingerprint density at radius 3 is 2.30 bits per heavy atom. The van der Waals surface area contributed by atoms with Crippen molar-refractivity contribution in [2.75, 3.05) is 31.5 Å². The number of amides is 3. The molecule has 0 unspecified atom stereocenters. The molecule has 0 aliphatic carbocycles. The molecule has 8 heteroatoms. The van der Waals surface area contributed by atoms with Gasteiger partial charge in [0.05, 0.1) is 6.26 Å². The number of piperazine rings is 1. The molecule has 3 amide bonds. The Balaban J connectivity index is 1.63. The summed E-state index contributed by atoms with van der Waals surface area (Å²) in [6.07, 6.45) is 1.06. The number of benzene rings is 1. The summed E-state index contributed by atoms with van der Waals surface area (Å²) < 4.78 is 10.5. The summed E-state index contributed by atoms with van der Waals surface area (Å²) in [6.45, 7) is 8.98. The molecule has 0 saturated carbocycles. The van der Waals surface area contributed by atoms with Crippen LogP contribution in [0, 0.1) is 6.92 Å². The highest BCUT2D eigenvalue weighted by molar-refractivity contribution is 6.04. The number of ether oxygens (including phenoxy) is 1. The minimum Gasteiger partial charge on any atom is -0.459 e. The quantitative estimate of drug-likeness (QED) is 0.831. The number of hydrogen-bond donors (Lipinski definition) is 1. The van der Waals surface area contributed by atoms with Crippen LogP contribution in [0.15, 0.2) is 41.0 Å². The van der Waals surface area contributed by atoms with Crippen molar-refractivity contribution in [3.63, 3.8) is 0 Å². The molecule has 3 rings (SSSR count). The lowest BCUT2D eigenvalue weighted by Crippen LogP contribution is -2.51. The number of rotatable bonds is 3. The topological polar surface area (TPSA) is 92.1 Å². The molecule has 0 spiro atoms. The number of hydrogen-bond acceptors (Lipinski definition) is 5. The summed E-state index contributed by atoms with van der Waals surface area (Å²) in [4.78, 5) is 40.7. The zero-order valence-corrected chi connectivity index (χ0v) is 17.7. The van der Waals surface area contributed by atoms with Crippen LogP contribution >= 0.6 is 0 Å². The van der Waals surface area contributed by atoms with Crippen molar-refractivity contribution < 1.29 is 23.5 Å². The van der Waals surface area contributed by atoms with Crippen molar-refractivity contribution in [3.8, 4) is 0 Å². The monoisotopic (exact) mass is 413 g/mol. The summed E-state index contributed by atoms with van der Waals surface area (Å²) >= 11 is 0. The van der Waals surface area contributed by atoms with Gasteiger partial charge in [0.25, 0.3) is 11.8 Å². The van der Waals surface area contributed by atoms with Gasteiger partial charge in [0.15, 0.2) is 5.76 Å². The van der Waals surface area contributed by atoms with Crippen molar-refractivity contribution in [2.24, 2.45) is 0 Å². The fraction of sp³-hybridized carbons (Fsp3) is 0.409. The maximum absolute atomic E-state index is 12.9. The number of carbonyl (C=O) groups is 3. The fourth-order valence-electron chi connectivity index (χ4n) is 3.08. The number of carbonyl (C=O) groups excluding carboxylic acids is 3. The lowest BCUT2D eigenvalue weighted by atomic mass is 10.1. The number of nitrogens with zero attached hydrogens (tertiary/aromatic N) is 2. The molecular weight excluding hydrogens is 386 g/mol. The lowest BCUT2D eigenvalue weighted by Gasteiger charge is -2.35. The summed E-state index contributed by atoms with van der Waals surface area (Å²) in [7, 11) is 0. The third kappa shape index (κ3) is 5.20. The molecule has 0 atom stereocenters. The van der Waals surface area contributed by atoms with Crippen molar-refractivity contribution in [2.45, 2.75) is 33.3 Å². The summed E-state index contributed by atoms with van der Waals surface area (Å²) in [5.41, 5.74) is 1.31. The molecule has 0 bridgehead atoms. The number of aryl methyl sites for hydroxylation is 1. The highest BCUT2D eigenvalue weighted by Crippen LogP contribution is 2.20. The standard InChI is InChI=1S/C22H27N3O5/c1-15-7-8-16(14-17(15)23-19(26)18-6-5-13-29-18)20(27)24-9-11-25(12-10-24)21(28)30-22(2,3)4/h5-8,13-14H,9-12H2,1-4H3,(H,23,26). The van der Waals surface area contributed by atoms with Gasteiger partial charge in [-0.2, -0.15) is 0 Å². The number of furan rings is 1. The van der Waals surface area contributed by atoms with E-state index in [1.807, 2.05) is 27.7 Å². The van der Waals surface area contributed by atoms with E-state index < -0.39 is 5.60 Å². The van der Waals surface area contributed by atoms with E-state index >= 15 is 0 Å². The molecular formula is C22H27N3O5. The van der Waals surface area contributed by atoms with Crippen LogP contribution in [0.5, 0.6) is 0 Å². The molecule has 1 aliphatic rings. The fourth-order valence-corrected chi connectivity index (χ4v) is 3.08. The predicted molar refractivity (Wildman–Crippen MR) is 112 cm³/mol. The first-order chi connectivity index (χ1) is 14.1. The van der Waals surface area contributed by atoms with Gasteiger partial charge in [0, 0.05) is 37.4 Å². The van der Waals surface area contributed by atoms with E-state index in [0.29, 0.717) is 37.4 Å². The van der Waals surface area contributed by atoms with Gasteiger partial charge in [-0.25, -0.2) is 4.79 Å². The summed E-state index contributed by atoms with van der Waals surface area (Å²) in [5.74, 6) is -0.324. The molecule has 30 heavy (non-hydrogen) atoms. The minimum absolute atomic E-state index is 0.146. The maximum Gasteiger partial charge on any atom is 0.410 e. The largest absolute Gasteiger partial charge is 0.459 e. The second-order valence-electron chi connectivity index (χ2n) is 8.22. The van der Waals surface area contributed by atoms with Gasteiger partial charge in [-0.15, -0.1) is 0 Å². The van der Waals surface area contributed by atoms with Crippen molar-refractivity contribution in [1.82, 2.24) is 9.80 Å². The Morgan fingerprint density at radius 1 is 1.03 bits per heavy atom. The number of anilines is 1. The number of nitrogens with one attached hydrogen (secondary N) is 1. The highest BCUT2D eigenvalue weighted by atomic mass is 16.6. The first-order valence-electron chi connectivity index (χ1n) is 9.87. The molecule has 8 nitrogen and oxygen atoms in total. The van der Waals surface area contributed by atoms with Gasteiger partial charge >= 0.3 is 6.09 Å². The molecule has 1 N–H and O–H groups in total. The molecule has 0 radical (unpaired) electrons. The van der Waals surface area contributed by atoms with Gasteiger partial charge in [0.2, 0.25) is 0 Å². The predicted octanol–water partition coefficient (Wildman–Crippen LogP) is 3.53. The molecule has 2 aromatic rings. The van der Waals surface area contributed by atoms with Crippen molar-refractivity contribution in [1.29, 1.82) is 0 Å². The van der Waals surface area contributed by atoms with E-state index in [4.69, 9.17) is 9.15 Å². The Morgan fingerprint density at radius 2 is 1.70 bits per heavy atom. The van der Waals surface area contributed by atoms with Crippen molar-refractivity contribution >= 4 is 23.6 Å². The third-order valence-corrected chi connectivity index (χ3v) is 4.70. The van der Waals surface area contributed by atoms with E-state index in [-0.39, 0.29) is 23.7 Å². The zero-order chi connectivity index (χ0) is 21.9. The second-order valence-corrected chi connectivity index (χ2v) is 8.22. The SMILES string of the molecule is Cc1ccc(C(=O)N2CCN(C(=O)OC(C)(C)C)CC2)cc1NC(=O)c1ccco1. The van der Waals surface area contributed by atoms with Gasteiger partial charge in [-0.05, 0) is 57.5 Å². The van der Waals surface area contributed by atoms with Crippen LogP contribution in [0.25, 0.3) is 0 Å². The molecule has 1 saturated heterocycles. The van der Waals surface area contributed by atoms with Gasteiger partial charge in [-0.1, -0.05) is 6.07 Å². The molecule has 1 fully saturated rings. The van der Waals surface area contributed by atoms with E-state index in [0.717, 1.165) is 5.56 Å². The van der Waals surface area contributed by atoms with Crippen LogP contribution in [0.1, 0.15) is 47.2 Å². The van der Waals surface area contributed by atoms with Gasteiger partial charge < -0.3 is 24.3 Å². The Hall–Kier alpha value is -3.29. The van der Waals surface area contributed by atoms with E-state index in [2.05, 4.69) is 5.32 Å². The molecule has 2 heterocycles. The van der Waals surface area contributed by atoms with Crippen LogP contribution in [-0.2, 0) is 4.74 Å². The Kier molecular flexibility index (Phi) is 6.14. The molecule has 1 aromatic carbocycles. The first-order valence-corrected chi connectivity index (χ1v) is 9.87. The lowest BCUT2D eigenvalue weighted by molar-refractivity contribution is 0.0141. The van der Waals surface area contributed by atoms with Crippen LogP contribution in [0.2, 0.25) is 0 Å². The smallest absolute Gasteiger partial charge is 0.410 e. The Bertz CT molecular complexity index is 923. The maximum atomic E-state index is 12.9. The average Bonchev–Trinajstić information content (AvgIpc) is 3.23. The van der Waals surface area contributed by atoms with Crippen LogP contribution < -0.4 is 5.32 Å². The van der Waals surface area contributed by atoms with Crippen molar-refractivity contribution in [3.05, 3.63) is 53.5 Å². The van der Waals surface area contributed by atoms with Crippen LogP contribution in [0.4, 0.5) is 10.5 Å². The molecule has 1 aromatic heterocycles. The van der Waals surface area contributed by atoms with Gasteiger partial charge in [0.1, 0.15) is 5.60 Å². The van der Waals surface area contributed by atoms with Crippen LogP contribution in [0.3, 0.4) is 0 Å². The first kappa shape index (κ1) is 21.4.